The first-order valence-corrected chi connectivity index (χ1v) is 6.60. The molecular formula is C14H18N2O2. The summed E-state index contributed by atoms with van der Waals surface area (Å²) >= 11 is 0. The average molecular weight is 246 g/mol. The van der Waals surface area contributed by atoms with Crippen LogP contribution >= 0.6 is 0 Å². The van der Waals surface area contributed by atoms with Crippen LogP contribution in [0.2, 0.25) is 0 Å². The van der Waals surface area contributed by atoms with Crippen LogP contribution in [0.4, 0.5) is 5.69 Å². The molecule has 0 aliphatic carbocycles. The molecule has 18 heavy (non-hydrogen) atoms. The number of nitrogens with zero attached hydrogens (tertiary/aromatic N) is 2. The van der Waals surface area contributed by atoms with Crippen molar-refractivity contribution in [3.8, 4) is 11.5 Å². The lowest BCUT2D eigenvalue weighted by Crippen LogP contribution is -2.27. The Hall–Kier alpha value is -1.71. The van der Waals surface area contributed by atoms with Crippen molar-refractivity contribution in [1.82, 2.24) is 4.90 Å². The maximum atomic E-state index is 5.54. The monoisotopic (exact) mass is 246 g/mol. The van der Waals surface area contributed by atoms with Crippen molar-refractivity contribution in [2.75, 3.05) is 26.3 Å². The zero-order valence-corrected chi connectivity index (χ0v) is 10.5. The summed E-state index contributed by atoms with van der Waals surface area (Å²) in [7, 11) is 0. The van der Waals surface area contributed by atoms with Gasteiger partial charge in [-0.3, -0.25) is 0 Å². The number of aliphatic imine (C=N–C) groups is 1. The molecule has 96 valence electrons. The fourth-order valence-corrected chi connectivity index (χ4v) is 2.29. The van der Waals surface area contributed by atoms with Gasteiger partial charge in [0.15, 0.2) is 11.5 Å². The predicted octanol–water partition coefficient (Wildman–Crippen LogP) is 2.60. The number of fused-ring (bicyclic) bond motifs is 1. The Balaban J connectivity index is 1.70. The lowest BCUT2D eigenvalue weighted by Gasteiger charge is -2.24. The summed E-state index contributed by atoms with van der Waals surface area (Å²) in [5.74, 6) is 1.62. The summed E-state index contributed by atoms with van der Waals surface area (Å²) in [5.41, 5.74) is 0.921. The van der Waals surface area contributed by atoms with Gasteiger partial charge in [-0.15, -0.1) is 0 Å². The summed E-state index contributed by atoms with van der Waals surface area (Å²) in [5, 5.41) is 0. The van der Waals surface area contributed by atoms with Crippen molar-refractivity contribution in [3.05, 3.63) is 18.2 Å². The van der Waals surface area contributed by atoms with Crippen LogP contribution < -0.4 is 9.47 Å². The van der Waals surface area contributed by atoms with Crippen molar-refractivity contribution in [2.24, 2.45) is 4.99 Å². The summed E-state index contributed by atoms with van der Waals surface area (Å²) in [6, 6.07) is 5.83. The van der Waals surface area contributed by atoms with Gasteiger partial charge in [0.2, 0.25) is 0 Å². The van der Waals surface area contributed by atoms with E-state index in [0.29, 0.717) is 13.2 Å². The summed E-state index contributed by atoms with van der Waals surface area (Å²) < 4.78 is 11.0. The molecule has 0 aromatic heterocycles. The van der Waals surface area contributed by atoms with E-state index in [9.17, 15) is 0 Å². The van der Waals surface area contributed by atoms with Crippen molar-refractivity contribution in [3.63, 3.8) is 0 Å². The SMILES string of the molecule is C(=Nc1ccc2c(c1)OCCO2)N1CCCCC1. The number of ether oxygens (including phenoxy) is 2. The Morgan fingerprint density at radius 2 is 1.78 bits per heavy atom. The molecule has 0 bridgehead atoms. The third kappa shape index (κ3) is 2.58. The number of likely N-dealkylation sites (tertiary alicyclic amines) is 1. The quantitative estimate of drug-likeness (QED) is 0.594. The lowest BCUT2D eigenvalue weighted by molar-refractivity contribution is 0.171. The predicted molar refractivity (Wildman–Crippen MR) is 71.0 cm³/mol. The van der Waals surface area contributed by atoms with E-state index in [0.717, 1.165) is 30.3 Å². The molecule has 0 atom stereocenters. The fourth-order valence-electron chi connectivity index (χ4n) is 2.29. The standard InChI is InChI=1S/C14H18N2O2/c1-2-6-16(7-3-1)11-15-12-4-5-13-14(10-12)18-9-8-17-13/h4-5,10-11H,1-3,6-9H2. The van der Waals surface area contributed by atoms with E-state index in [2.05, 4.69) is 9.89 Å². The molecule has 1 fully saturated rings. The third-order valence-corrected chi connectivity index (χ3v) is 3.29. The van der Waals surface area contributed by atoms with Crippen LogP contribution in [0.1, 0.15) is 19.3 Å². The Labute approximate surface area is 107 Å². The van der Waals surface area contributed by atoms with E-state index >= 15 is 0 Å². The van der Waals surface area contributed by atoms with Gasteiger partial charge in [0.05, 0.1) is 12.0 Å². The summed E-state index contributed by atoms with van der Waals surface area (Å²) in [4.78, 5) is 6.78. The van der Waals surface area contributed by atoms with E-state index in [4.69, 9.17) is 9.47 Å². The second-order valence-corrected chi connectivity index (χ2v) is 4.67. The van der Waals surface area contributed by atoms with Gasteiger partial charge in [0.25, 0.3) is 0 Å². The first kappa shape index (κ1) is 11.4. The van der Waals surface area contributed by atoms with Crippen molar-refractivity contribution >= 4 is 12.0 Å². The fraction of sp³-hybridized carbons (Fsp3) is 0.500. The van der Waals surface area contributed by atoms with Gasteiger partial charge in [-0.05, 0) is 31.4 Å². The molecule has 4 nitrogen and oxygen atoms in total. The molecule has 2 heterocycles. The van der Waals surface area contributed by atoms with Gasteiger partial charge in [0, 0.05) is 19.2 Å². The molecule has 2 aliphatic rings. The molecule has 4 heteroatoms. The number of hydrogen-bond acceptors (Lipinski definition) is 3. The average Bonchev–Trinajstić information content (AvgIpc) is 2.46. The van der Waals surface area contributed by atoms with E-state index < -0.39 is 0 Å². The lowest BCUT2D eigenvalue weighted by atomic mass is 10.1. The maximum absolute atomic E-state index is 5.54. The van der Waals surface area contributed by atoms with Gasteiger partial charge < -0.3 is 14.4 Å². The van der Waals surface area contributed by atoms with Crippen LogP contribution in [-0.4, -0.2) is 37.5 Å². The minimum atomic E-state index is 0.617. The Morgan fingerprint density at radius 1 is 1.00 bits per heavy atom. The van der Waals surface area contributed by atoms with Crippen LogP contribution in [0.5, 0.6) is 11.5 Å². The molecule has 0 unspecified atom stereocenters. The third-order valence-electron chi connectivity index (χ3n) is 3.29. The molecule has 0 amide bonds. The molecule has 1 saturated heterocycles. The molecule has 0 saturated carbocycles. The topological polar surface area (TPSA) is 34.1 Å². The molecule has 0 N–H and O–H groups in total. The maximum Gasteiger partial charge on any atom is 0.163 e. The Morgan fingerprint density at radius 3 is 2.61 bits per heavy atom. The van der Waals surface area contributed by atoms with Crippen LogP contribution in [0, 0.1) is 0 Å². The minimum Gasteiger partial charge on any atom is -0.486 e. The van der Waals surface area contributed by atoms with Crippen molar-refractivity contribution in [1.29, 1.82) is 0 Å². The number of hydrogen-bond donors (Lipinski definition) is 0. The van der Waals surface area contributed by atoms with Gasteiger partial charge in [-0.2, -0.15) is 0 Å². The van der Waals surface area contributed by atoms with E-state index in [1.807, 2.05) is 24.5 Å². The highest BCUT2D eigenvalue weighted by Crippen LogP contribution is 2.33. The molecule has 2 aliphatic heterocycles. The molecule has 0 spiro atoms. The zero-order valence-electron chi connectivity index (χ0n) is 10.5. The van der Waals surface area contributed by atoms with Gasteiger partial charge >= 0.3 is 0 Å². The molecule has 3 rings (SSSR count). The zero-order chi connectivity index (χ0) is 12.2. The highest BCUT2D eigenvalue weighted by atomic mass is 16.6. The second-order valence-electron chi connectivity index (χ2n) is 4.67. The number of rotatable bonds is 2. The van der Waals surface area contributed by atoms with Crippen molar-refractivity contribution < 1.29 is 9.47 Å². The molecule has 1 aromatic carbocycles. The molecule has 0 radical (unpaired) electrons. The van der Waals surface area contributed by atoms with Crippen LogP contribution in [0.15, 0.2) is 23.2 Å². The number of benzene rings is 1. The smallest absolute Gasteiger partial charge is 0.163 e. The van der Waals surface area contributed by atoms with Crippen LogP contribution in [0.25, 0.3) is 0 Å². The van der Waals surface area contributed by atoms with E-state index in [1.54, 1.807) is 0 Å². The Kier molecular flexibility index (Phi) is 3.35. The van der Waals surface area contributed by atoms with Crippen molar-refractivity contribution in [2.45, 2.75) is 19.3 Å². The largest absolute Gasteiger partial charge is 0.486 e. The normalized spacial score (nSPS) is 19.2. The van der Waals surface area contributed by atoms with E-state index in [-0.39, 0.29) is 0 Å². The van der Waals surface area contributed by atoms with Crippen LogP contribution in [-0.2, 0) is 0 Å². The highest BCUT2D eigenvalue weighted by Gasteiger charge is 2.11. The van der Waals surface area contributed by atoms with Gasteiger partial charge in [0.1, 0.15) is 13.2 Å². The minimum absolute atomic E-state index is 0.617. The number of piperidine rings is 1. The highest BCUT2D eigenvalue weighted by molar-refractivity contribution is 5.63. The summed E-state index contributed by atoms with van der Waals surface area (Å²) in [6.07, 6.45) is 5.83. The van der Waals surface area contributed by atoms with Crippen LogP contribution in [0.3, 0.4) is 0 Å². The van der Waals surface area contributed by atoms with Gasteiger partial charge in [-0.1, -0.05) is 0 Å². The first-order valence-electron chi connectivity index (χ1n) is 6.60. The van der Waals surface area contributed by atoms with Gasteiger partial charge in [-0.25, -0.2) is 4.99 Å². The van der Waals surface area contributed by atoms with E-state index in [1.165, 1.54) is 19.3 Å². The molecular weight excluding hydrogens is 228 g/mol. The molecule has 1 aromatic rings. The second kappa shape index (κ2) is 5.29. The first-order chi connectivity index (χ1) is 8.92. The summed E-state index contributed by atoms with van der Waals surface area (Å²) in [6.45, 7) is 3.48. The Bertz CT molecular complexity index is 439.